The number of carbonyl (C=O) groups excluding carboxylic acids is 1. The molecule has 1 atom stereocenters. The van der Waals surface area contributed by atoms with Crippen LogP contribution in [0.1, 0.15) is 38.2 Å². The third-order valence-corrected chi connectivity index (χ3v) is 5.03. The molecule has 1 heterocycles. The lowest BCUT2D eigenvalue weighted by atomic mass is 10.2. The first-order chi connectivity index (χ1) is 11.7. The van der Waals surface area contributed by atoms with Crippen molar-refractivity contribution in [2.75, 3.05) is 26.2 Å². The number of hydrogen-bond acceptors (Lipinski definition) is 4. The molecular formula is C19H30ClN3O2. The number of amides is 1. The lowest BCUT2D eigenvalue weighted by molar-refractivity contribution is -0.123. The third-order valence-electron chi connectivity index (χ3n) is 5.03. The maximum Gasteiger partial charge on any atom is 0.234 e. The van der Waals surface area contributed by atoms with Gasteiger partial charge in [-0.3, -0.25) is 9.69 Å². The number of carbonyl (C=O) groups is 1. The van der Waals surface area contributed by atoms with Gasteiger partial charge >= 0.3 is 0 Å². The van der Waals surface area contributed by atoms with E-state index in [0.717, 1.165) is 43.8 Å². The summed E-state index contributed by atoms with van der Waals surface area (Å²) in [6.07, 6.45) is 5.13. The summed E-state index contributed by atoms with van der Waals surface area (Å²) in [5.74, 6) is 1.000. The normalized spacial score (nSPS) is 21.6. The Labute approximate surface area is 156 Å². The fourth-order valence-electron chi connectivity index (χ4n) is 3.50. The number of ether oxygens (including phenoxy) is 1. The molecule has 2 N–H and O–H groups in total. The zero-order valence-corrected chi connectivity index (χ0v) is 15.8. The van der Waals surface area contributed by atoms with Crippen molar-refractivity contribution < 1.29 is 9.53 Å². The Hall–Kier alpha value is -1.30. The van der Waals surface area contributed by atoms with Crippen LogP contribution < -0.4 is 15.4 Å². The van der Waals surface area contributed by atoms with Crippen molar-refractivity contribution in [1.29, 1.82) is 0 Å². The van der Waals surface area contributed by atoms with Crippen LogP contribution in [0.3, 0.4) is 0 Å². The summed E-state index contributed by atoms with van der Waals surface area (Å²) in [7, 11) is 0. The Balaban J connectivity index is 0.00000225. The SMILES string of the molecule is C[C@@H]1CNCCN1CC(=O)NCc1ccccc1OC1CCCC1.Cl. The smallest absolute Gasteiger partial charge is 0.234 e. The molecule has 0 radical (unpaired) electrons. The topological polar surface area (TPSA) is 53.6 Å². The van der Waals surface area contributed by atoms with Crippen molar-refractivity contribution in [1.82, 2.24) is 15.5 Å². The van der Waals surface area contributed by atoms with Crippen LogP contribution >= 0.6 is 12.4 Å². The first kappa shape index (κ1) is 20.0. The molecule has 0 spiro atoms. The molecule has 1 aliphatic carbocycles. The minimum Gasteiger partial charge on any atom is -0.490 e. The number of para-hydroxylation sites is 1. The molecule has 2 fully saturated rings. The monoisotopic (exact) mass is 367 g/mol. The van der Waals surface area contributed by atoms with E-state index in [-0.39, 0.29) is 18.3 Å². The molecule has 25 heavy (non-hydrogen) atoms. The van der Waals surface area contributed by atoms with E-state index in [4.69, 9.17) is 4.74 Å². The average molecular weight is 368 g/mol. The van der Waals surface area contributed by atoms with Crippen molar-refractivity contribution in [2.24, 2.45) is 0 Å². The molecule has 3 rings (SSSR count). The van der Waals surface area contributed by atoms with Crippen LogP contribution in [0.4, 0.5) is 0 Å². The summed E-state index contributed by atoms with van der Waals surface area (Å²) in [6, 6.07) is 8.46. The van der Waals surface area contributed by atoms with Gasteiger partial charge in [0.1, 0.15) is 5.75 Å². The Morgan fingerprint density at radius 3 is 2.84 bits per heavy atom. The highest BCUT2D eigenvalue weighted by Gasteiger charge is 2.21. The summed E-state index contributed by atoms with van der Waals surface area (Å²) in [4.78, 5) is 14.5. The van der Waals surface area contributed by atoms with Gasteiger partial charge in [0.05, 0.1) is 12.6 Å². The molecule has 6 heteroatoms. The van der Waals surface area contributed by atoms with E-state index in [2.05, 4.69) is 22.5 Å². The van der Waals surface area contributed by atoms with Crippen LogP contribution in [-0.2, 0) is 11.3 Å². The number of nitrogens with zero attached hydrogens (tertiary/aromatic N) is 1. The van der Waals surface area contributed by atoms with Gasteiger partial charge in [-0.2, -0.15) is 0 Å². The highest BCUT2D eigenvalue weighted by atomic mass is 35.5. The van der Waals surface area contributed by atoms with Crippen molar-refractivity contribution in [2.45, 2.75) is 51.3 Å². The maximum atomic E-state index is 12.3. The van der Waals surface area contributed by atoms with Crippen molar-refractivity contribution >= 4 is 18.3 Å². The van der Waals surface area contributed by atoms with Crippen LogP contribution in [0.2, 0.25) is 0 Å². The molecule has 1 amide bonds. The number of halogens is 1. The van der Waals surface area contributed by atoms with E-state index < -0.39 is 0 Å². The van der Waals surface area contributed by atoms with E-state index in [1.165, 1.54) is 12.8 Å². The number of piperazine rings is 1. The molecule has 1 aromatic rings. The summed E-state index contributed by atoms with van der Waals surface area (Å²) >= 11 is 0. The van der Waals surface area contributed by atoms with E-state index in [0.29, 0.717) is 25.2 Å². The van der Waals surface area contributed by atoms with Crippen molar-refractivity contribution in [3.05, 3.63) is 29.8 Å². The zero-order chi connectivity index (χ0) is 16.8. The van der Waals surface area contributed by atoms with E-state index >= 15 is 0 Å². The Bertz CT molecular complexity index is 549. The predicted molar refractivity (Wildman–Crippen MR) is 102 cm³/mol. The Morgan fingerprint density at radius 2 is 2.08 bits per heavy atom. The Morgan fingerprint density at radius 1 is 1.32 bits per heavy atom. The quantitative estimate of drug-likeness (QED) is 0.810. The lowest BCUT2D eigenvalue weighted by Gasteiger charge is -2.33. The van der Waals surface area contributed by atoms with E-state index in [9.17, 15) is 4.79 Å². The second kappa shape index (κ2) is 10.00. The van der Waals surface area contributed by atoms with Gasteiger partial charge in [-0.25, -0.2) is 0 Å². The predicted octanol–water partition coefficient (Wildman–Crippen LogP) is 2.34. The summed E-state index contributed by atoms with van der Waals surface area (Å²) < 4.78 is 6.14. The van der Waals surface area contributed by atoms with Gasteiger partial charge in [0.25, 0.3) is 0 Å². The van der Waals surface area contributed by atoms with Crippen LogP contribution in [0.5, 0.6) is 5.75 Å². The first-order valence-corrected chi connectivity index (χ1v) is 9.18. The van der Waals surface area contributed by atoms with Crippen molar-refractivity contribution in [3.63, 3.8) is 0 Å². The molecule has 1 saturated heterocycles. The van der Waals surface area contributed by atoms with Gasteiger partial charge in [-0.05, 0) is 38.7 Å². The molecule has 1 saturated carbocycles. The van der Waals surface area contributed by atoms with Gasteiger partial charge in [0, 0.05) is 37.8 Å². The Kier molecular flexibility index (Phi) is 8.00. The molecule has 0 aromatic heterocycles. The minimum absolute atomic E-state index is 0. The molecule has 2 aliphatic rings. The molecule has 0 bridgehead atoms. The van der Waals surface area contributed by atoms with Gasteiger partial charge in [-0.1, -0.05) is 18.2 Å². The van der Waals surface area contributed by atoms with E-state index in [1.54, 1.807) is 0 Å². The molecule has 140 valence electrons. The van der Waals surface area contributed by atoms with E-state index in [1.807, 2.05) is 24.3 Å². The van der Waals surface area contributed by atoms with Gasteiger partial charge in [0.15, 0.2) is 0 Å². The molecule has 0 unspecified atom stereocenters. The molecule has 5 nitrogen and oxygen atoms in total. The summed E-state index contributed by atoms with van der Waals surface area (Å²) in [5, 5.41) is 6.40. The largest absolute Gasteiger partial charge is 0.490 e. The van der Waals surface area contributed by atoms with Gasteiger partial charge in [-0.15, -0.1) is 12.4 Å². The van der Waals surface area contributed by atoms with Crippen molar-refractivity contribution in [3.8, 4) is 5.75 Å². The second-order valence-electron chi connectivity index (χ2n) is 6.93. The fourth-order valence-corrected chi connectivity index (χ4v) is 3.50. The lowest BCUT2D eigenvalue weighted by Crippen LogP contribution is -2.52. The summed E-state index contributed by atoms with van der Waals surface area (Å²) in [6.45, 7) is 5.98. The fraction of sp³-hybridized carbons (Fsp3) is 0.632. The minimum atomic E-state index is 0. The standard InChI is InChI=1S/C19H29N3O2.ClH/c1-15-12-20-10-11-22(15)14-19(23)21-13-16-6-2-5-9-18(16)24-17-7-3-4-8-17;/h2,5-6,9,15,17,20H,3-4,7-8,10-14H2,1H3,(H,21,23);1H/t15-;/m1./s1. The number of benzene rings is 1. The third kappa shape index (κ3) is 5.87. The molecule has 1 aliphatic heterocycles. The maximum absolute atomic E-state index is 12.3. The first-order valence-electron chi connectivity index (χ1n) is 9.18. The van der Waals surface area contributed by atoms with Gasteiger partial charge in [0.2, 0.25) is 5.91 Å². The van der Waals surface area contributed by atoms with Crippen LogP contribution in [0.25, 0.3) is 0 Å². The zero-order valence-electron chi connectivity index (χ0n) is 15.0. The number of hydrogen-bond donors (Lipinski definition) is 2. The van der Waals surface area contributed by atoms with Crippen LogP contribution in [0.15, 0.2) is 24.3 Å². The number of nitrogens with one attached hydrogen (secondary N) is 2. The van der Waals surface area contributed by atoms with Crippen LogP contribution in [-0.4, -0.2) is 49.1 Å². The molecule has 1 aromatic carbocycles. The molecular weight excluding hydrogens is 338 g/mol. The average Bonchev–Trinajstić information content (AvgIpc) is 3.09. The second-order valence-corrected chi connectivity index (χ2v) is 6.93. The van der Waals surface area contributed by atoms with Gasteiger partial charge < -0.3 is 15.4 Å². The highest BCUT2D eigenvalue weighted by molar-refractivity contribution is 5.85. The van der Waals surface area contributed by atoms with Crippen LogP contribution in [0, 0.1) is 0 Å². The summed E-state index contributed by atoms with van der Waals surface area (Å²) in [5.41, 5.74) is 1.06. The number of rotatable bonds is 6. The highest BCUT2D eigenvalue weighted by Crippen LogP contribution is 2.26.